The van der Waals surface area contributed by atoms with Gasteiger partial charge in [-0.1, -0.05) is 48.5 Å². The lowest BCUT2D eigenvalue weighted by Gasteiger charge is -2.49. The third kappa shape index (κ3) is 3.36. The number of rotatable bonds is 4. The molecule has 2 aromatic heterocycles. The third-order valence-electron chi connectivity index (χ3n) is 7.37. The maximum atomic E-state index is 12.6. The number of carbonyl (C=O) groups is 2. The minimum absolute atomic E-state index is 0.0445. The second kappa shape index (κ2) is 7.94. The molecule has 2 amide bonds. The highest BCUT2D eigenvalue weighted by atomic mass is 16.2. The van der Waals surface area contributed by atoms with E-state index in [1.807, 2.05) is 65.3 Å². The van der Waals surface area contributed by atoms with Crippen LogP contribution in [-0.2, 0) is 10.3 Å². The van der Waals surface area contributed by atoms with Crippen LogP contribution >= 0.6 is 0 Å². The minimum Gasteiger partial charge on any atom is -0.369 e. The van der Waals surface area contributed by atoms with Gasteiger partial charge in [0.1, 0.15) is 17.1 Å². The fourth-order valence-corrected chi connectivity index (χ4v) is 5.54. The van der Waals surface area contributed by atoms with Crippen LogP contribution in [0.2, 0.25) is 0 Å². The lowest BCUT2D eigenvalue weighted by Crippen LogP contribution is -2.54. The molecule has 0 unspecified atom stereocenters. The molecule has 1 aliphatic carbocycles. The van der Waals surface area contributed by atoms with Crippen molar-refractivity contribution in [1.82, 2.24) is 20.1 Å². The standard InChI is InChI=1S/C27H26N6O2/c1-29-26(35)19-14-27(15-19)11-12-30-25-22(24(28)34)23(32-33(25)27)18-8-7-17-9-10-20(31-21(17)13-18)16-5-3-2-4-6-16/h2-10,13,19,30H,11-12,14-15H2,1H3,(H2,28,34)(H,29,35). The highest BCUT2D eigenvalue weighted by molar-refractivity contribution is 6.04. The Labute approximate surface area is 202 Å². The first-order chi connectivity index (χ1) is 17.0. The van der Waals surface area contributed by atoms with Crippen molar-refractivity contribution < 1.29 is 9.59 Å². The molecule has 2 aromatic carbocycles. The first-order valence-electron chi connectivity index (χ1n) is 11.8. The molecule has 4 N–H and O–H groups in total. The summed E-state index contributed by atoms with van der Waals surface area (Å²) in [5.41, 5.74) is 10.0. The van der Waals surface area contributed by atoms with E-state index in [0.29, 0.717) is 36.5 Å². The summed E-state index contributed by atoms with van der Waals surface area (Å²) in [4.78, 5) is 29.6. The van der Waals surface area contributed by atoms with Crippen LogP contribution in [0.4, 0.5) is 5.82 Å². The number of aromatic nitrogens is 3. The van der Waals surface area contributed by atoms with Gasteiger partial charge in [0.15, 0.2) is 0 Å². The number of anilines is 1. The van der Waals surface area contributed by atoms with Crippen molar-refractivity contribution >= 4 is 28.5 Å². The first-order valence-corrected chi connectivity index (χ1v) is 11.8. The van der Waals surface area contributed by atoms with Gasteiger partial charge in [0.05, 0.1) is 16.7 Å². The molecule has 2 aliphatic rings. The monoisotopic (exact) mass is 466 g/mol. The summed E-state index contributed by atoms with van der Waals surface area (Å²) in [7, 11) is 1.66. The van der Waals surface area contributed by atoms with E-state index >= 15 is 0 Å². The zero-order valence-corrected chi connectivity index (χ0v) is 19.4. The average molecular weight is 467 g/mol. The Morgan fingerprint density at radius 2 is 1.86 bits per heavy atom. The van der Waals surface area contributed by atoms with Gasteiger partial charge in [0, 0.05) is 36.0 Å². The van der Waals surface area contributed by atoms with Gasteiger partial charge in [0.25, 0.3) is 5.91 Å². The van der Waals surface area contributed by atoms with Gasteiger partial charge in [0.2, 0.25) is 5.91 Å². The molecular weight excluding hydrogens is 440 g/mol. The predicted octanol–water partition coefficient (Wildman–Crippen LogP) is 3.53. The largest absolute Gasteiger partial charge is 0.369 e. The summed E-state index contributed by atoms with van der Waals surface area (Å²) in [6, 6.07) is 20.0. The number of amides is 2. The molecule has 35 heavy (non-hydrogen) atoms. The Morgan fingerprint density at radius 3 is 2.60 bits per heavy atom. The van der Waals surface area contributed by atoms with Gasteiger partial charge in [-0.15, -0.1) is 0 Å². The smallest absolute Gasteiger partial charge is 0.254 e. The fraction of sp³-hybridized carbons (Fsp3) is 0.259. The number of nitrogens with one attached hydrogen (secondary N) is 2. The number of carbonyl (C=O) groups excluding carboxylic acids is 2. The van der Waals surface area contributed by atoms with E-state index < -0.39 is 5.91 Å². The lowest BCUT2D eigenvalue weighted by atomic mass is 9.65. The van der Waals surface area contributed by atoms with Gasteiger partial charge in [-0.25, -0.2) is 9.67 Å². The van der Waals surface area contributed by atoms with Crippen LogP contribution in [-0.4, -0.2) is 40.2 Å². The maximum Gasteiger partial charge on any atom is 0.254 e. The number of primary amides is 1. The molecule has 3 heterocycles. The molecule has 0 bridgehead atoms. The summed E-state index contributed by atoms with van der Waals surface area (Å²) in [6.45, 7) is 0.700. The number of nitrogens with zero attached hydrogens (tertiary/aromatic N) is 3. The molecule has 0 saturated heterocycles. The second-order valence-electron chi connectivity index (χ2n) is 9.44. The molecular formula is C27H26N6O2. The SMILES string of the molecule is CNC(=O)C1CC2(CCNc3c(C(N)=O)c(-c4ccc5ccc(-c6ccccc6)nc5c4)nn32)C1. The Hall–Kier alpha value is -4.20. The summed E-state index contributed by atoms with van der Waals surface area (Å²) in [5, 5.41) is 12.0. The van der Waals surface area contributed by atoms with Crippen molar-refractivity contribution in [2.24, 2.45) is 11.7 Å². The highest BCUT2D eigenvalue weighted by Crippen LogP contribution is 2.51. The van der Waals surface area contributed by atoms with Crippen molar-refractivity contribution in [3.63, 3.8) is 0 Å². The number of fused-ring (bicyclic) bond motifs is 3. The summed E-state index contributed by atoms with van der Waals surface area (Å²) >= 11 is 0. The quantitative estimate of drug-likeness (QED) is 0.426. The number of hydrogen-bond acceptors (Lipinski definition) is 5. The molecule has 6 rings (SSSR count). The van der Waals surface area contributed by atoms with E-state index in [1.54, 1.807) is 7.05 Å². The number of benzene rings is 2. The average Bonchev–Trinajstić information content (AvgIpc) is 3.27. The van der Waals surface area contributed by atoms with E-state index in [2.05, 4.69) is 10.6 Å². The zero-order valence-electron chi connectivity index (χ0n) is 19.4. The van der Waals surface area contributed by atoms with E-state index in [-0.39, 0.29) is 17.4 Å². The van der Waals surface area contributed by atoms with Crippen LogP contribution in [0.1, 0.15) is 29.6 Å². The van der Waals surface area contributed by atoms with Crippen molar-refractivity contribution in [1.29, 1.82) is 0 Å². The van der Waals surface area contributed by atoms with Crippen molar-refractivity contribution in [2.45, 2.75) is 24.8 Å². The van der Waals surface area contributed by atoms with Gasteiger partial charge < -0.3 is 16.4 Å². The van der Waals surface area contributed by atoms with E-state index in [1.165, 1.54) is 0 Å². The number of nitrogens with two attached hydrogens (primary N) is 1. The molecule has 1 fully saturated rings. The van der Waals surface area contributed by atoms with Crippen LogP contribution in [0.3, 0.4) is 0 Å². The molecule has 1 spiro atoms. The summed E-state index contributed by atoms with van der Waals surface area (Å²) < 4.78 is 1.91. The van der Waals surface area contributed by atoms with Crippen molar-refractivity contribution in [3.05, 3.63) is 66.2 Å². The van der Waals surface area contributed by atoms with Crippen LogP contribution in [0.15, 0.2) is 60.7 Å². The molecule has 176 valence electrons. The van der Waals surface area contributed by atoms with Crippen LogP contribution < -0.4 is 16.4 Å². The third-order valence-corrected chi connectivity index (χ3v) is 7.37. The van der Waals surface area contributed by atoms with E-state index in [4.69, 9.17) is 15.8 Å². The maximum absolute atomic E-state index is 12.6. The predicted molar refractivity (Wildman–Crippen MR) is 135 cm³/mol. The molecule has 1 saturated carbocycles. The van der Waals surface area contributed by atoms with Crippen molar-refractivity contribution in [3.8, 4) is 22.5 Å². The fourth-order valence-electron chi connectivity index (χ4n) is 5.54. The molecule has 1 aliphatic heterocycles. The highest BCUT2D eigenvalue weighted by Gasteiger charge is 2.52. The molecule has 8 heteroatoms. The lowest BCUT2D eigenvalue weighted by molar-refractivity contribution is -0.132. The summed E-state index contributed by atoms with van der Waals surface area (Å²) in [6.07, 6.45) is 2.23. The van der Waals surface area contributed by atoms with E-state index in [9.17, 15) is 9.59 Å². The summed E-state index contributed by atoms with van der Waals surface area (Å²) in [5.74, 6) is 0.115. The zero-order chi connectivity index (χ0) is 24.2. The van der Waals surface area contributed by atoms with Crippen LogP contribution in [0.5, 0.6) is 0 Å². The minimum atomic E-state index is -0.529. The van der Waals surface area contributed by atoms with Gasteiger partial charge >= 0.3 is 0 Å². The Bertz CT molecular complexity index is 1470. The number of hydrogen-bond donors (Lipinski definition) is 3. The number of pyridine rings is 1. The van der Waals surface area contributed by atoms with Crippen molar-refractivity contribution in [2.75, 3.05) is 18.9 Å². The topological polar surface area (TPSA) is 115 Å². The van der Waals surface area contributed by atoms with E-state index in [0.717, 1.165) is 34.1 Å². The Morgan fingerprint density at radius 1 is 1.09 bits per heavy atom. The molecule has 0 atom stereocenters. The Kier molecular flexibility index (Phi) is 4.84. The Balaban J connectivity index is 1.45. The molecule has 0 radical (unpaired) electrons. The van der Waals surface area contributed by atoms with Crippen LogP contribution in [0, 0.1) is 5.92 Å². The van der Waals surface area contributed by atoms with Gasteiger partial charge in [-0.2, -0.15) is 5.10 Å². The first kappa shape index (κ1) is 21.3. The normalized spacial score (nSPS) is 20.7. The molecule has 8 nitrogen and oxygen atoms in total. The molecule has 4 aromatic rings. The second-order valence-corrected chi connectivity index (χ2v) is 9.44. The van der Waals surface area contributed by atoms with Crippen LogP contribution in [0.25, 0.3) is 33.4 Å². The van der Waals surface area contributed by atoms with Gasteiger partial charge in [-0.3, -0.25) is 9.59 Å². The van der Waals surface area contributed by atoms with Gasteiger partial charge in [-0.05, 0) is 31.4 Å².